The van der Waals surface area contributed by atoms with Crippen LogP contribution in [0, 0.1) is 5.92 Å². The number of rotatable bonds is 3. The van der Waals surface area contributed by atoms with Crippen molar-refractivity contribution in [2.75, 3.05) is 24.5 Å². The minimum absolute atomic E-state index is 0.120. The van der Waals surface area contributed by atoms with E-state index in [-0.39, 0.29) is 5.92 Å². The number of nitrogens with zero attached hydrogens (tertiary/aromatic N) is 4. The molecule has 0 saturated carbocycles. The van der Waals surface area contributed by atoms with Gasteiger partial charge in [0.15, 0.2) is 5.82 Å². The summed E-state index contributed by atoms with van der Waals surface area (Å²) in [6.45, 7) is 3.38. The SMILES string of the molecule is O=C(C1CCN(c2nc(-c3ccccc3)nc3c2CCC3)CC1)N1CCc2ccccc2C1. The van der Waals surface area contributed by atoms with Crippen LogP contribution >= 0.6 is 0 Å². The van der Waals surface area contributed by atoms with Gasteiger partial charge in [-0.3, -0.25) is 4.79 Å². The molecule has 0 unspecified atom stereocenters. The predicted octanol–water partition coefficient (Wildman–Crippen LogP) is 4.43. The Labute approximate surface area is 195 Å². The molecule has 5 nitrogen and oxygen atoms in total. The van der Waals surface area contributed by atoms with Crippen LogP contribution in [0.5, 0.6) is 0 Å². The predicted molar refractivity (Wildman–Crippen MR) is 130 cm³/mol. The number of carbonyl (C=O) groups excluding carboxylic acids is 1. The number of anilines is 1. The lowest BCUT2D eigenvalue weighted by molar-refractivity contribution is -0.137. The van der Waals surface area contributed by atoms with Gasteiger partial charge in [0.1, 0.15) is 5.82 Å². The van der Waals surface area contributed by atoms with Crippen LogP contribution in [0.1, 0.15) is 41.6 Å². The summed E-state index contributed by atoms with van der Waals surface area (Å²) in [6, 6.07) is 18.8. The summed E-state index contributed by atoms with van der Waals surface area (Å²) in [7, 11) is 0. The average Bonchev–Trinajstić information content (AvgIpc) is 3.37. The third-order valence-corrected chi connectivity index (χ3v) is 7.53. The lowest BCUT2D eigenvalue weighted by Crippen LogP contribution is -2.44. The Morgan fingerprint density at radius 3 is 2.39 bits per heavy atom. The zero-order valence-corrected chi connectivity index (χ0v) is 19.0. The smallest absolute Gasteiger partial charge is 0.226 e. The number of carbonyl (C=O) groups is 1. The van der Waals surface area contributed by atoms with Gasteiger partial charge in [-0.2, -0.15) is 0 Å². The van der Waals surface area contributed by atoms with Gasteiger partial charge in [0, 0.05) is 48.9 Å². The molecule has 6 rings (SSSR count). The summed E-state index contributed by atoms with van der Waals surface area (Å²) >= 11 is 0. The molecule has 3 aliphatic rings. The van der Waals surface area contributed by atoms with E-state index in [1.54, 1.807) is 0 Å². The largest absolute Gasteiger partial charge is 0.356 e. The number of aromatic nitrogens is 2. The van der Waals surface area contributed by atoms with Crippen LogP contribution in [0.25, 0.3) is 11.4 Å². The summed E-state index contributed by atoms with van der Waals surface area (Å²) in [6.07, 6.45) is 6.02. The number of fused-ring (bicyclic) bond motifs is 2. The van der Waals surface area contributed by atoms with Crippen molar-refractivity contribution in [2.24, 2.45) is 5.92 Å². The van der Waals surface area contributed by atoms with Crippen molar-refractivity contribution in [1.82, 2.24) is 14.9 Å². The van der Waals surface area contributed by atoms with Gasteiger partial charge in [-0.05, 0) is 49.7 Å². The highest BCUT2D eigenvalue weighted by Crippen LogP contribution is 2.34. The molecule has 0 N–H and O–H groups in total. The molecule has 1 aromatic heterocycles. The molecule has 0 atom stereocenters. The molecule has 5 heteroatoms. The first-order valence-electron chi connectivity index (χ1n) is 12.3. The molecule has 1 fully saturated rings. The number of piperidine rings is 1. The van der Waals surface area contributed by atoms with Crippen molar-refractivity contribution in [3.63, 3.8) is 0 Å². The second-order valence-corrected chi connectivity index (χ2v) is 9.56. The quantitative estimate of drug-likeness (QED) is 0.607. The average molecular weight is 439 g/mol. The van der Waals surface area contributed by atoms with Gasteiger partial charge in [-0.15, -0.1) is 0 Å². The molecular weight excluding hydrogens is 408 g/mol. The number of aryl methyl sites for hydroxylation is 1. The summed E-state index contributed by atoms with van der Waals surface area (Å²) < 4.78 is 0. The highest BCUT2D eigenvalue weighted by molar-refractivity contribution is 5.79. The minimum atomic E-state index is 0.120. The number of hydrogen-bond donors (Lipinski definition) is 0. The van der Waals surface area contributed by atoms with E-state index >= 15 is 0 Å². The van der Waals surface area contributed by atoms with Crippen LogP contribution in [0.4, 0.5) is 5.82 Å². The summed E-state index contributed by atoms with van der Waals surface area (Å²) in [5, 5.41) is 0. The zero-order valence-electron chi connectivity index (χ0n) is 19.0. The van der Waals surface area contributed by atoms with Crippen molar-refractivity contribution in [1.29, 1.82) is 0 Å². The second-order valence-electron chi connectivity index (χ2n) is 9.56. The first kappa shape index (κ1) is 20.4. The molecule has 33 heavy (non-hydrogen) atoms. The fourth-order valence-corrected chi connectivity index (χ4v) is 5.67. The van der Waals surface area contributed by atoms with E-state index in [0.717, 1.165) is 81.9 Å². The first-order valence-corrected chi connectivity index (χ1v) is 12.3. The molecule has 1 amide bonds. The van der Waals surface area contributed by atoms with Crippen molar-refractivity contribution >= 4 is 11.7 Å². The number of benzene rings is 2. The minimum Gasteiger partial charge on any atom is -0.356 e. The van der Waals surface area contributed by atoms with Gasteiger partial charge >= 0.3 is 0 Å². The van der Waals surface area contributed by atoms with Gasteiger partial charge < -0.3 is 9.80 Å². The van der Waals surface area contributed by atoms with Crippen LogP contribution in [0.2, 0.25) is 0 Å². The molecule has 2 aliphatic heterocycles. The van der Waals surface area contributed by atoms with Gasteiger partial charge in [0.05, 0.1) is 0 Å². The molecule has 2 aromatic carbocycles. The summed E-state index contributed by atoms with van der Waals surface area (Å²) in [5.74, 6) is 2.39. The Morgan fingerprint density at radius 2 is 1.58 bits per heavy atom. The van der Waals surface area contributed by atoms with E-state index in [2.05, 4.69) is 46.2 Å². The zero-order chi connectivity index (χ0) is 22.2. The maximum absolute atomic E-state index is 13.3. The molecule has 168 valence electrons. The second kappa shape index (κ2) is 8.62. The molecule has 0 bridgehead atoms. The van der Waals surface area contributed by atoms with E-state index < -0.39 is 0 Å². The molecule has 1 saturated heterocycles. The molecule has 3 heterocycles. The highest BCUT2D eigenvalue weighted by Gasteiger charge is 2.32. The lowest BCUT2D eigenvalue weighted by Gasteiger charge is -2.37. The van der Waals surface area contributed by atoms with Crippen molar-refractivity contribution < 1.29 is 4.79 Å². The van der Waals surface area contributed by atoms with E-state index in [1.165, 1.54) is 22.4 Å². The maximum Gasteiger partial charge on any atom is 0.226 e. The van der Waals surface area contributed by atoms with Crippen molar-refractivity contribution in [3.8, 4) is 11.4 Å². The summed E-state index contributed by atoms with van der Waals surface area (Å²) in [5.41, 5.74) is 6.31. The Bertz CT molecular complexity index is 1170. The fourth-order valence-electron chi connectivity index (χ4n) is 5.67. The van der Waals surface area contributed by atoms with E-state index in [9.17, 15) is 4.79 Å². The standard InChI is InChI=1S/C28H30N4O/c33-28(32-18-13-20-7-4-5-10-23(20)19-32)22-14-16-31(17-15-22)27-24-11-6-12-25(24)29-26(30-27)21-8-2-1-3-9-21/h1-5,7-10,22H,6,11-19H2. The van der Waals surface area contributed by atoms with Gasteiger partial charge in [-0.1, -0.05) is 54.6 Å². The van der Waals surface area contributed by atoms with E-state index in [4.69, 9.17) is 9.97 Å². The molecule has 3 aromatic rings. The topological polar surface area (TPSA) is 49.3 Å². The Balaban J connectivity index is 1.17. The Kier molecular flexibility index (Phi) is 5.33. The lowest BCUT2D eigenvalue weighted by atomic mass is 9.93. The Hall–Kier alpha value is -3.21. The van der Waals surface area contributed by atoms with Gasteiger partial charge in [0.25, 0.3) is 0 Å². The van der Waals surface area contributed by atoms with Gasteiger partial charge in [-0.25, -0.2) is 9.97 Å². The van der Waals surface area contributed by atoms with Crippen molar-refractivity contribution in [3.05, 3.63) is 77.0 Å². The maximum atomic E-state index is 13.3. The van der Waals surface area contributed by atoms with Crippen LogP contribution < -0.4 is 4.90 Å². The third kappa shape index (κ3) is 3.90. The Morgan fingerprint density at radius 1 is 0.818 bits per heavy atom. The van der Waals surface area contributed by atoms with Crippen LogP contribution in [-0.2, 0) is 30.6 Å². The highest BCUT2D eigenvalue weighted by atomic mass is 16.2. The number of amides is 1. The third-order valence-electron chi connectivity index (χ3n) is 7.53. The van der Waals surface area contributed by atoms with E-state index in [0.29, 0.717) is 5.91 Å². The van der Waals surface area contributed by atoms with E-state index in [1.807, 2.05) is 18.2 Å². The van der Waals surface area contributed by atoms with Crippen LogP contribution in [0.15, 0.2) is 54.6 Å². The molecular formula is C28H30N4O. The first-order chi connectivity index (χ1) is 16.3. The normalized spacial score (nSPS) is 18.2. The molecule has 0 radical (unpaired) electrons. The monoisotopic (exact) mass is 438 g/mol. The van der Waals surface area contributed by atoms with Crippen molar-refractivity contribution in [2.45, 2.75) is 45.1 Å². The molecule has 1 aliphatic carbocycles. The fraction of sp³-hybridized carbons (Fsp3) is 0.393. The van der Waals surface area contributed by atoms with Gasteiger partial charge in [0.2, 0.25) is 5.91 Å². The molecule has 0 spiro atoms. The van der Waals surface area contributed by atoms with Crippen LogP contribution in [0.3, 0.4) is 0 Å². The van der Waals surface area contributed by atoms with Crippen LogP contribution in [-0.4, -0.2) is 40.4 Å². The number of hydrogen-bond acceptors (Lipinski definition) is 4. The summed E-state index contributed by atoms with van der Waals surface area (Å²) in [4.78, 5) is 27.8.